The molecule has 4 heteroatoms. The van der Waals surface area contributed by atoms with Gasteiger partial charge in [0.15, 0.2) is 0 Å². The van der Waals surface area contributed by atoms with Gasteiger partial charge in [-0.05, 0) is 81.2 Å². The van der Waals surface area contributed by atoms with Gasteiger partial charge in [-0.2, -0.15) is 0 Å². The maximum Gasteiger partial charge on any atom is 0.137 e. The zero-order valence-corrected chi connectivity index (χ0v) is 21.4. The van der Waals surface area contributed by atoms with E-state index in [0.29, 0.717) is 18.4 Å². The van der Waals surface area contributed by atoms with Gasteiger partial charge in [0.1, 0.15) is 11.5 Å². The van der Waals surface area contributed by atoms with Gasteiger partial charge in [0.05, 0.1) is 6.10 Å². The van der Waals surface area contributed by atoms with Gasteiger partial charge in [-0.15, -0.1) is 12.4 Å². The minimum absolute atomic E-state index is 0. The summed E-state index contributed by atoms with van der Waals surface area (Å²) < 4.78 is 12.7. The van der Waals surface area contributed by atoms with Crippen LogP contribution in [0.4, 0.5) is 0 Å². The summed E-state index contributed by atoms with van der Waals surface area (Å²) in [5.74, 6) is 2.84. The zero-order chi connectivity index (χ0) is 22.5. The first-order valence-corrected chi connectivity index (χ1v) is 11.4. The molecular weight excluding hydrogens is 406 g/mol. The molecule has 0 spiro atoms. The van der Waals surface area contributed by atoms with Crippen molar-refractivity contribution in [2.24, 2.45) is 17.6 Å². The molecule has 31 heavy (non-hydrogen) atoms. The van der Waals surface area contributed by atoms with Crippen molar-refractivity contribution in [3.8, 4) is 11.5 Å². The van der Waals surface area contributed by atoms with Gasteiger partial charge in [0.2, 0.25) is 0 Å². The van der Waals surface area contributed by atoms with Crippen molar-refractivity contribution in [2.45, 2.75) is 79.9 Å². The molecule has 0 aliphatic heterocycles. The number of nitrogens with two attached hydrogens (primary N) is 1. The number of halogens is 1. The van der Waals surface area contributed by atoms with Crippen LogP contribution < -0.4 is 10.5 Å². The van der Waals surface area contributed by atoms with E-state index >= 15 is 0 Å². The molecule has 0 bridgehead atoms. The Kier molecular flexibility index (Phi) is 10.5. The standard InChI is InChI=1S/C27H41NO2.ClH/c1-9-29-20(6)25-24(27(7,8)28)17-21(15-18(2)3)23(16-19(4)5)26(25)30-22-13-11-10-12-14-22;/h10-14,17-20H,9,15-16,28H2,1-8H3;1H. The second kappa shape index (κ2) is 11.9. The Morgan fingerprint density at radius 1 is 0.935 bits per heavy atom. The van der Waals surface area contributed by atoms with Crippen molar-refractivity contribution >= 4 is 12.4 Å². The first-order chi connectivity index (χ1) is 14.0. The number of benzene rings is 2. The molecule has 2 aromatic rings. The van der Waals surface area contributed by atoms with Crippen molar-refractivity contribution in [2.75, 3.05) is 6.61 Å². The molecule has 0 fully saturated rings. The lowest BCUT2D eigenvalue weighted by molar-refractivity contribution is 0.0733. The SMILES string of the molecule is CCOC(C)c1c(C(C)(C)N)cc(CC(C)C)c(CC(C)C)c1Oc1ccccc1.Cl. The van der Waals surface area contributed by atoms with Crippen LogP contribution in [0, 0.1) is 11.8 Å². The van der Waals surface area contributed by atoms with E-state index in [0.717, 1.165) is 35.5 Å². The Hall–Kier alpha value is -1.55. The van der Waals surface area contributed by atoms with Gasteiger partial charge in [0.25, 0.3) is 0 Å². The Labute approximate surface area is 196 Å². The van der Waals surface area contributed by atoms with E-state index < -0.39 is 5.54 Å². The number of rotatable bonds is 10. The van der Waals surface area contributed by atoms with Gasteiger partial charge in [-0.1, -0.05) is 52.0 Å². The summed E-state index contributed by atoms with van der Waals surface area (Å²) in [6.07, 6.45) is 1.85. The monoisotopic (exact) mass is 447 g/mol. The van der Waals surface area contributed by atoms with Gasteiger partial charge in [-0.25, -0.2) is 0 Å². The molecule has 2 aromatic carbocycles. The molecule has 0 amide bonds. The maximum absolute atomic E-state index is 6.69. The highest BCUT2D eigenvalue weighted by Gasteiger charge is 2.30. The van der Waals surface area contributed by atoms with Crippen LogP contribution in [0.5, 0.6) is 11.5 Å². The third-order valence-corrected chi connectivity index (χ3v) is 5.24. The summed E-state index contributed by atoms with van der Waals surface area (Å²) in [5, 5.41) is 0. The van der Waals surface area contributed by atoms with E-state index in [-0.39, 0.29) is 18.5 Å². The van der Waals surface area contributed by atoms with Crippen LogP contribution in [0.3, 0.4) is 0 Å². The second-order valence-electron chi connectivity index (χ2n) is 9.73. The van der Waals surface area contributed by atoms with Crippen LogP contribution in [0.2, 0.25) is 0 Å². The van der Waals surface area contributed by atoms with E-state index in [1.54, 1.807) is 0 Å². The number of ether oxygens (including phenoxy) is 2. The van der Waals surface area contributed by atoms with E-state index in [9.17, 15) is 0 Å². The summed E-state index contributed by atoms with van der Waals surface area (Å²) in [6, 6.07) is 12.4. The largest absolute Gasteiger partial charge is 0.457 e. The summed E-state index contributed by atoms with van der Waals surface area (Å²) in [7, 11) is 0. The topological polar surface area (TPSA) is 44.5 Å². The van der Waals surface area contributed by atoms with Gasteiger partial charge in [-0.3, -0.25) is 0 Å². The highest BCUT2D eigenvalue weighted by atomic mass is 35.5. The van der Waals surface area contributed by atoms with Gasteiger partial charge >= 0.3 is 0 Å². The molecule has 0 radical (unpaired) electrons. The lowest BCUT2D eigenvalue weighted by atomic mass is 9.81. The fraction of sp³-hybridized carbons (Fsp3) is 0.556. The summed E-state index contributed by atoms with van der Waals surface area (Å²) in [4.78, 5) is 0. The molecule has 1 atom stereocenters. The number of hydrogen-bond acceptors (Lipinski definition) is 3. The van der Waals surface area contributed by atoms with Crippen molar-refractivity contribution in [3.05, 3.63) is 58.7 Å². The van der Waals surface area contributed by atoms with Gasteiger partial charge < -0.3 is 15.2 Å². The van der Waals surface area contributed by atoms with Crippen molar-refractivity contribution in [1.29, 1.82) is 0 Å². The molecule has 0 aromatic heterocycles. The second-order valence-corrected chi connectivity index (χ2v) is 9.73. The van der Waals surface area contributed by atoms with Crippen LogP contribution in [-0.4, -0.2) is 6.61 Å². The Bertz CT molecular complexity index is 810. The van der Waals surface area contributed by atoms with E-state index in [2.05, 4.69) is 54.5 Å². The molecule has 0 aliphatic carbocycles. The fourth-order valence-corrected chi connectivity index (χ4v) is 4.02. The molecular formula is C27H42ClNO2. The van der Waals surface area contributed by atoms with Crippen molar-refractivity contribution in [3.63, 3.8) is 0 Å². The van der Waals surface area contributed by atoms with Crippen molar-refractivity contribution < 1.29 is 9.47 Å². The number of para-hydroxylation sites is 1. The minimum Gasteiger partial charge on any atom is -0.457 e. The molecule has 2 rings (SSSR count). The Balaban J connectivity index is 0.00000480. The van der Waals surface area contributed by atoms with Crippen LogP contribution in [-0.2, 0) is 23.1 Å². The molecule has 0 saturated carbocycles. The highest BCUT2D eigenvalue weighted by Crippen LogP contribution is 2.43. The molecule has 1 unspecified atom stereocenters. The molecule has 174 valence electrons. The first kappa shape index (κ1) is 27.5. The third kappa shape index (κ3) is 7.52. The van der Waals surface area contributed by atoms with Crippen LogP contribution in [0.25, 0.3) is 0 Å². The average molecular weight is 448 g/mol. The minimum atomic E-state index is -0.502. The number of hydrogen-bond donors (Lipinski definition) is 1. The normalized spacial score (nSPS) is 12.7. The average Bonchev–Trinajstić information content (AvgIpc) is 2.63. The summed E-state index contributed by atoms with van der Waals surface area (Å²) in [6.45, 7) is 18.0. The Morgan fingerprint density at radius 3 is 2.00 bits per heavy atom. The predicted octanol–water partition coefficient (Wildman–Crippen LogP) is 7.59. The molecule has 3 nitrogen and oxygen atoms in total. The molecule has 0 heterocycles. The van der Waals surface area contributed by atoms with Crippen LogP contribution in [0.15, 0.2) is 36.4 Å². The lowest BCUT2D eigenvalue weighted by Crippen LogP contribution is -2.31. The molecule has 0 aliphatic rings. The Morgan fingerprint density at radius 2 is 1.52 bits per heavy atom. The molecule has 2 N–H and O–H groups in total. The van der Waals surface area contributed by atoms with E-state index in [4.69, 9.17) is 15.2 Å². The summed E-state index contributed by atoms with van der Waals surface area (Å²) >= 11 is 0. The van der Waals surface area contributed by atoms with E-state index in [1.165, 1.54) is 11.1 Å². The van der Waals surface area contributed by atoms with Crippen molar-refractivity contribution in [1.82, 2.24) is 0 Å². The first-order valence-electron chi connectivity index (χ1n) is 11.4. The zero-order valence-electron chi connectivity index (χ0n) is 20.6. The maximum atomic E-state index is 6.69. The lowest BCUT2D eigenvalue weighted by Gasteiger charge is -2.31. The summed E-state index contributed by atoms with van der Waals surface area (Å²) in [5.41, 5.74) is 11.0. The smallest absolute Gasteiger partial charge is 0.137 e. The van der Waals surface area contributed by atoms with Crippen LogP contribution in [0.1, 0.15) is 83.7 Å². The molecule has 0 saturated heterocycles. The quantitative estimate of drug-likeness (QED) is 0.408. The van der Waals surface area contributed by atoms with E-state index in [1.807, 2.05) is 37.3 Å². The van der Waals surface area contributed by atoms with Crippen LogP contribution >= 0.6 is 12.4 Å². The third-order valence-electron chi connectivity index (χ3n) is 5.24. The van der Waals surface area contributed by atoms with Gasteiger partial charge in [0, 0.05) is 17.7 Å². The predicted molar refractivity (Wildman–Crippen MR) is 135 cm³/mol. The fourth-order valence-electron chi connectivity index (χ4n) is 4.02. The highest BCUT2D eigenvalue weighted by molar-refractivity contribution is 5.85.